The molecule has 5 rings (SSSR count). The Morgan fingerprint density at radius 2 is 1.76 bits per heavy atom. The van der Waals surface area contributed by atoms with Gasteiger partial charge in [-0.3, -0.25) is 4.79 Å². The van der Waals surface area contributed by atoms with E-state index >= 15 is 0 Å². The first-order chi connectivity index (χ1) is 10.0. The van der Waals surface area contributed by atoms with Crippen LogP contribution in [0.3, 0.4) is 0 Å². The van der Waals surface area contributed by atoms with Gasteiger partial charge in [-0.15, -0.1) is 10.2 Å². The van der Waals surface area contributed by atoms with Crippen LogP contribution in [0.5, 0.6) is 0 Å². The smallest absolute Gasteiger partial charge is 0.174 e. The minimum absolute atomic E-state index is 0.0148. The standard InChI is InChI=1S/C16H22N2OS2/c1-9(20-15-18-17-10(2)21-15)14(19)16-6-11-3-12(7-16)5-13(4-11)8-16/h9,11-13H,3-8H2,1-2H3/t9-,11?,12?,13?,16?/m1/s1. The average Bonchev–Trinajstić information content (AvgIpc) is 2.81. The van der Waals surface area contributed by atoms with Crippen molar-refractivity contribution in [1.82, 2.24) is 10.2 Å². The second kappa shape index (κ2) is 5.05. The van der Waals surface area contributed by atoms with Crippen LogP contribution in [-0.2, 0) is 4.79 Å². The van der Waals surface area contributed by atoms with Crippen molar-refractivity contribution in [3.05, 3.63) is 5.01 Å². The van der Waals surface area contributed by atoms with Gasteiger partial charge in [-0.1, -0.05) is 23.1 Å². The van der Waals surface area contributed by atoms with Crippen molar-refractivity contribution in [2.45, 2.75) is 62.0 Å². The van der Waals surface area contributed by atoms with Crippen molar-refractivity contribution in [2.75, 3.05) is 0 Å². The predicted octanol–water partition coefficient (Wildman–Crippen LogP) is 4.11. The molecule has 0 saturated heterocycles. The second-order valence-corrected chi connectivity index (χ2v) is 10.2. The molecule has 114 valence electrons. The number of hydrogen-bond acceptors (Lipinski definition) is 5. The summed E-state index contributed by atoms with van der Waals surface area (Å²) in [6.45, 7) is 4.04. The Bertz CT molecular complexity index is 533. The number of hydrogen-bond donors (Lipinski definition) is 0. The van der Waals surface area contributed by atoms with Crippen LogP contribution in [0.15, 0.2) is 4.34 Å². The molecule has 4 aliphatic rings. The molecule has 1 atom stereocenters. The van der Waals surface area contributed by atoms with Gasteiger partial charge < -0.3 is 0 Å². The first-order valence-electron chi connectivity index (χ1n) is 8.05. The summed E-state index contributed by atoms with van der Waals surface area (Å²) in [7, 11) is 0. The molecule has 0 radical (unpaired) electrons. The van der Waals surface area contributed by atoms with Gasteiger partial charge >= 0.3 is 0 Å². The van der Waals surface area contributed by atoms with Gasteiger partial charge in [0.25, 0.3) is 0 Å². The highest BCUT2D eigenvalue weighted by molar-refractivity contribution is 8.02. The highest BCUT2D eigenvalue weighted by atomic mass is 32.2. The molecule has 4 fully saturated rings. The fraction of sp³-hybridized carbons (Fsp3) is 0.812. The third kappa shape index (κ3) is 2.46. The normalized spacial score (nSPS) is 38.7. The zero-order valence-electron chi connectivity index (χ0n) is 12.7. The lowest BCUT2D eigenvalue weighted by molar-refractivity contribution is -0.142. The molecular formula is C16H22N2OS2. The zero-order chi connectivity index (χ0) is 14.6. The predicted molar refractivity (Wildman–Crippen MR) is 85.6 cm³/mol. The Hall–Kier alpha value is -0.420. The summed E-state index contributed by atoms with van der Waals surface area (Å²) in [6, 6.07) is 0. The monoisotopic (exact) mass is 322 g/mol. The van der Waals surface area contributed by atoms with E-state index < -0.39 is 0 Å². The molecule has 21 heavy (non-hydrogen) atoms. The van der Waals surface area contributed by atoms with Crippen molar-refractivity contribution in [1.29, 1.82) is 0 Å². The number of aryl methyl sites for hydroxylation is 1. The van der Waals surface area contributed by atoms with Crippen molar-refractivity contribution < 1.29 is 4.79 Å². The molecule has 3 nitrogen and oxygen atoms in total. The molecule has 4 bridgehead atoms. The number of aromatic nitrogens is 2. The zero-order valence-corrected chi connectivity index (χ0v) is 14.3. The molecule has 4 saturated carbocycles. The van der Waals surface area contributed by atoms with Gasteiger partial charge in [0, 0.05) is 5.41 Å². The number of ketones is 1. The van der Waals surface area contributed by atoms with Crippen LogP contribution in [-0.4, -0.2) is 21.2 Å². The van der Waals surface area contributed by atoms with Crippen LogP contribution in [0, 0.1) is 30.1 Å². The van der Waals surface area contributed by atoms with E-state index in [2.05, 4.69) is 17.1 Å². The Balaban J connectivity index is 1.51. The summed E-state index contributed by atoms with van der Waals surface area (Å²) in [4.78, 5) is 13.1. The molecule has 0 unspecified atom stereocenters. The lowest BCUT2D eigenvalue weighted by Crippen LogP contribution is -2.51. The molecule has 0 N–H and O–H groups in total. The maximum Gasteiger partial charge on any atom is 0.174 e. The van der Waals surface area contributed by atoms with E-state index in [0.29, 0.717) is 5.78 Å². The van der Waals surface area contributed by atoms with Crippen molar-refractivity contribution in [3.63, 3.8) is 0 Å². The molecule has 1 aromatic rings. The van der Waals surface area contributed by atoms with Crippen LogP contribution in [0.1, 0.15) is 50.5 Å². The van der Waals surface area contributed by atoms with Crippen LogP contribution in [0.4, 0.5) is 0 Å². The van der Waals surface area contributed by atoms with Crippen LogP contribution >= 0.6 is 23.1 Å². The van der Waals surface area contributed by atoms with E-state index in [4.69, 9.17) is 0 Å². The topological polar surface area (TPSA) is 42.9 Å². The number of carbonyl (C=O) groups is 1. The summed E-state index contributed by atoms with van der Waals surface area (Å²) in [5.74, 6) is 3.00. The lowest BCUT2D eigenvalue weighted by Gasteiger charge is -2.56. The van der Waals surface area contributed by atoms with Gasteiger partial charge in [0.05, 0.1) is 5.25 Å². The SMILES string of the molecule is Cc1nnc(S[C@H](C)C(=O)C23CC4CC(CC(C4)C2)C3)s1. The molecule has 0 spiro atoms. The fourth-order valence-electron chi connectivity index (χ4n) is 5.37. The molecule has 1 aromatic heterocycles. The molecule has 0 aromatic carbocycles. The van der Waals surface area contributed by atoms with Crippen molar-refractivity contribution in [3.8, 4) is 0 Å². The molecule has 0 amide bonds. The molecule has 1 heterocycles. The maximum absolute atomic E-state index is 13.1. The molecule has 5 heteroatoms. The van der Waals surface area contributed by atoms with Crippen molar-refractivity contribution in [2.24, 2.45) is 23.2 Å². The minimum atomic E-state index is 0.0148. The second-order valence-electron chi connectivity index (χ2n) is 7.41. The third-order valence-electron chi connectivity index (χ3n) is 5.72. The van der Waals surface area contributed by atoms with E-state index in [9.17, 15) is 4.79 Å². The summed E-state index contributed by atoms with van der Waals surface area (Å²) in [5, 5.41) is 9.22. The summed E-state index contributed by atoms with van der Waals surface area (Å²) in [5.41, 5.74) is 0.0148. The Morgan fingerprint density at radius 1 is 1.19 bits per heavy atom. The number of Topliss-reactive ketones (excluding diaryl/α,β-unsaturated/α-hetero) is 1. The average molecular weight is 322 g/mol. The Kier molecular flexibility index (Phi) is 3.41. The van der Waals surface area contributed by atoms with Gasteiger partial charge in [-0.05, 0) is 70.1 Å². The van der Waals surface area contributed by atoms with Crippen LogP contribution in [0.25, 0.3) is 0 Å². The van der Waals surface area contributed by atoms with Gasteiger partial charge in [0.15, 0.2) is 10.1 Å². The maximum atomic E-state index is 13.1. The fourth-order valence-corrected chi connectivity index (χ4v) is 7.53. The molecular weight excluding hydrogens is 300 g/mol. The van der Waals surface area contributed by atoms with E-state index in [-0.39, 0.29) is 10.7 Å². The molecule has 4 aliphatic carbocycles. The van der Waals surface area contributed by atoms with Gasteiger partial charge in [0.2, 0.25) is 0 Å². The third-order valence-corrected chi connectivity index (χ3v) is 7.74. The number of carbonyl (C=O) groups excluding carboxylic acids is 1. The van der Waals surface area contributed by atoms with E-state index in [1.165, 1.54) is 38.5 Å². The van der Waals surface area contributed by atoms with Crippen LogP contribution in [0.2, 0.25) is 0 Å². The highest BCUT2D eigenvalue weighted by Gasteiger charge is 2.55. The number of thioether (sulfide) groups is 1. The Labute approximate surface area is 134 Å². The molecule has 0 aliphatic heterocycles. The summed E-state index contributed by atoms with van der Waals surface area (Å²) in [6.07, 6.45) is 7.67. The number of nitrogens with zero attached hydrogens (tertiary/aromatic N) is 2. The first-order valence-corrected chi connectivity index (χ1v) is 9.75. The van der Waals surface area contributed by atoms with E-state index in [1.54, 1.807) is 23.1 Å². The van der Waals surface area contributed by atoms with Gasteiger partial charge in [0.1, 0.15) is 5.01 Å². The quantitative estimate of drug-likeness (QED) is 0.782. The van der Waals surface area contributed by atoms with Crippen LogP contribution < -0.4 is 0 Å². The lowest BCUT2D eigenvalue weighted by atomic mass is 9.48. The summed E-state index contributed by atoms with van der Waals surface area (Å²) < 4.78 is 0.943. The largest absolute Gasteiger partial charge is 0.298 e. The van der Waals surface area contributed by atoms with E-state index in [0.717, 1.165) is 27.1 Å². The van der Waals surface area contributed by atoms with Crippen molar-refractivity contribution >= 4 is 28.9 Å². The first kappa shape index (κ1) is 14.2. The van der Waals surface area contributed by atoms with Gasteiger partial charge in [-0.2, -0.15) is 0 Å². The highest BCUT2D eigenvalue weighted by Crippen LogP contribution is 2.61. The Morgan fingerprint density at radius 3 is 2.24 bits per heavy atom. The minimum Gasteiger partial charge on any atom is -0.298 e. The summed E-state index contributed by atoms with van der Waals surface area (Å²) >= 11 is 3.22. The van der Waals surface area contributed by atoms with E-state index in [1.807, 2.05) is 6.92 Å². The number of rotatable bonds is 4. The van der Waals surface area contributed by atoms with Gasteiger partial charge in [-0.25, -0.2) is 0 Å².